The first-order valence-corrected chi connectivity index (χ1v) is 2.61. The molecule has 1 rings (SSSR count). The second-order valence-electron chi connectivity index (χ2n) is 0.902. The first-order chi connectivity index (χ1) is 3.29. The molecule has 0 fully saturated rings. The van der Waals surface area contributed by atoms with Gasteiger partial charge in [-0.2, -0.15) is 4.98 Å². The number of rotatable bonds is 0. The minimum absolute atomic E-state index is 0.115. The van der Waals surface area contributed by atoms with Crippen LogP contribution in [0, 0.1) is 3.83 Å². The van der Waals surface area contributed by atoms with Crippen LogP contribution in [0.2, 0.25) is 0 Å². The number of nitrogen functional groups attached to an aromatic ring is 1. The van der Waals surface area contributed by atoms with Gasteiger partial charge in [0.1, 0.15) is 0 Å². The van der Waals surface area contributed by atoms with Gasteiger partial charge in [0.25, 0.3) is 0 Å². The van der Waals surface area contributed by atoms with E-state index in [1.54, 1.807) is 0 Å². The SMILES string of the molecule is Nc1nc(I)no1. The number of hydrogen-bond acceptors (Lipinski definition) is 4. The van der Waals surface area contributed by atoms with Crippen LogP contribution in [0.5, 0.6) is 0 Å². The quantitative estimate of drug-likeness (QED) is 0.625. The van der Waals surface area contributed by atoms with Crippen molar-refractivity contribution in [1.29, 1.82) is 0 Å². The fourth-order valence-electron chi connectivity index (χ4n) is 0.216. The monoisotopic (exact) mass is 211 g/mol. The van der Waals surface area contributed by atoms with Crippen LogP contribution in [0.4, 0.5) is 6.01 Å². The van der Waals surface area contributed by atoms with Gasteiger partial charge in [0, 0.05) is 22.6 Å². The molecule has 0 saturated heterocycles. The summed E-state index contributed by atoms with van der Waals surface area (Å²) in [5, 5.41) is 3.39. The third kappa shape index (κ3) is 1.02. The van der Waals surface area contributed by atoms with E-state index in [4.69, 9.17) is 5.73 Å². The number of anilines is 1. The Bertz CT molecular complexity index is 145. The Kier molecular flexibility index (Phi) is 1.13. The highest BCUT2D eigenvalue weighted by Gasteiger charge is 1.92. The van der Waals surface area contributed by atoms with E-state index in [2.05, 4.69) is 14.7 Å². The van der Waals surface area contributed by atoms with Crippen molar-refractivity contribution < 1.29 is 4.52 Å². The maximum Gasteiger partial charge on any atom is 0.319 e. The van der Waals surface area contributed by atoms with E-state index in [-0.39, 0.29) is 6.01 Å². The Balaban J connectivity index is 3.04. The molecule has 0 aliphatic rings. The molecule has 0 amide bonds. The van der Waals surface area contributed by atoms with E-state index in [1.807, 2.05) is 22.6 Å². The van der Waals surface area contributed by atoms with Gasteiger partial charge < -0.3 is 10.3 Å². The lowest BCUT2D eigenvalue weighted by Crippen LogP contribution is -1.81. The minimum atomic E-state index is 0.115. The van der Waals surface area contributed by atoms with Crippen molar-refractivity contribution in [2.24, 2.45) is 0 Å². The average Bonchev–Trinajstić information content (AvgIpc) is 1.87. The molecule has 0 aliphatic carbocycles. The van der Waals surface area contributed by atoms with E-state index in [9.17, 15) is 0 Å². The summed E-state index contributed by atoms with van der Waals surface area (Å²) in [7, 11) is 0. The molecule has 7 heavy (non-hydrogen) atoms. The molecule has 0 bridgehead atoms. The normalized spacial score (nSPS) is 9.29. The molecule has 1 heterocycles. The molecular weight excluding hydrogens is 209 g/mol. The highest BCUT2D eigenvalue weighted by Crippen LogP contribution is 1.98. The Morgan fingerprint density at radius 2 is 2.43 bits per heavy atom. The third-order valence-electron chi connectivity index (χ3n) is 0.417. The number of nitrogens with two attached hydrogens (primary N) is 1. The second kappa shape index (κ2) is 1.65. The number of aromatic nitrogens is 2. The van der Waals surface area contributed by atoms with Crippen LogP contribution >= 0.6 is 22.6 Å². The predicted octanol–water partition coefficient (Wildman–Crippen LogP) is 0.256. The summed E-state index contributed by atoms with van der Waals surface area (Å²) >= 11 is 1.90. The van der Waals surface area contributed by atoms with Crippen LogP contribution < -0.4 is 5.73 Å². The zero-order valence-electron chi connectivity index (χ0n) is 3.26. The maximum atomic E-state index is 5.03. The predicted molar refractivity (Wildman–Crippen MR) is 31.4 cm³/mol. The van der Waals surface area contributed by atoms with Gasteiger partial charge in [0.15, 0.2) is 0 Å². The van der Waals surface area contributed by atoms with Gasteiger partial charge in [-0.15, -0.1) is 0 Å². The Hall–Kier alpha value is -0.330. The molecule has 4 nitrogen and oxygen atoms in total. The van der Waals surface area contributed by atoms with Crippen LogP contribution in [0.15, 0.2) is 4.52 Å². The van der Waals surface area contributed by atoms with E-state index in [0.717, 1.165) is 0 Å². The molecule has 0 unspecified atom stereocenters. The standard InChI is InChI=1S/C2H2IN3O/c3-1-5-2(4)7-6-1/h(H2,4,5,6). The molecule has 1 aromatic heterocycles. The van der Waals surface area contributed by atoms with E-state index in [0.29, 0.717) is 3.83 Å². The molecule has 0 radical (unpaired) electrons. The Morgan fingerprint density at radius 3 is 2.57 bits per heavy atom. The van der Waals surface area contributed by atoms with Gasteiger partial charge in [-0.3, -0.25) is 0 Å². The van der Waals surface area contributed by atoms with E-state index < -0.39 is 0 Å². The molecule has 0 aromatic carbocycles. The summed E-state index contributed by atoms with van der Waals surface area (Å²) in [6, 6.07) is 0.115. The van der Waals surface area contributed by atoms with Gasteiger partial charge in [-0.25, -0.2) is 0 Å². The van der Waals surface area contributed by atoms with Gasteiger partial charge in [-0.05, 0) is 5.16 Å². The maximum absolute atomic E-state index is 5.03. The van der Waals surface area contributed by atoms with E-state index in [1.165, 1.54) is 0 Å². The van der Waals surface area contributed by atoms with Crippen molar-refractivity contribution >= 4 is 28.6 Å². The van der Waals surface area contributed by atoms with Crippen molar-refractivity contribution in [3.63, 3.8) is 0 Å². The molecule has 1 aromatic rings. The smallest absolute Gasteiger partial charge is 0.319 e. The Morgan fingerprint density at radius 1 is 1.71 bits per heavy atom. The minimum Gasteiger partial charge on any atom is -0.351 e. The molecule has 0 spiro atoms. The molecule has 0 saturated carbocycles. The van der Waals surface area contributed by atoms with Crippen molar-refractivity contribution in [2.45, 2.75) is 0 Å². The third-order valence-corrected chi connectivity index (χ3v) is 0.855. The van der Waals surface area contributed by atoms with Gasteiger partial charge in [-0.1, -0.05) is 0 Å². The number of nitrogens with zero attached hydrogens (tertiary/aromatic N) is 2. The molecule has 0 aliphatic heterocycles. The lowest BCUT2D eigenvalue weighted by atomic mass is 11.2. The van der Waals surface area contributed by atoms with Crippen LogP contribution in [0.25, 0.3) is 0 Å². The Labute approximate surface area is 53.2 Å². The summed E-state index contributed by atoms with van der Waals surface area (Å²) in [6.45, 7) is 0. The molecule has 0 atom stereocenters. The van der Waals surface area contributed by atoms with Crippen molar-refractivity contribution in [3.05, 3.63) is 3.83 Å². The fourth-order valence-corrected chi connectivity index (χ4v) is 0.552. The lowest BCUT2D eigenvalue weighted by molar-refractivity contribution is 0.430. The van der Waals surface area contributed by atoms with Gasteiger partial charge >= 0.3 is 6.01 Å². The first kappa shape index (κ1) is 4.82. The van der Waals surface area contributed by atoms with Crippen LogP contribution in [-0.2, 0) is 0 Å². The van der Waals surface area contributed by atoms with Crippen molar-refractivity contribution in [1.82, 2.24) is 10.1 Å². The van der Waals surface area contributed by atoms with Gasteiger partial charge in [0.05, 0.1) is 0 Å². The highest BCUT2D eigenvalue weighted by molar-refractivity contribution is 14.1. The summed E-state index contributed by atoms with van der Waals surface area (Å²) in [6.07, 6.45) is 0. The zero-order valence-corrected chi connectivity index (χ0v) is 5.42. The highest BCUT2D eigenvalue weighted by atomic mass is 127. The second-order valence-corrected chi connectivity index (χ2v) is 1.87. The first-order valence-electron chi connectivity index (χ1n) is 1.54. The molecular formula is C2H2IN3O. The summed E-state index contributed by atoms with van der Waals surface area (Å²) < 4.78 is 4.91. The van der Waals surface area contributed by atoms with Crippen molar-refractivity contribution in [3.8, 4) is 0 Å². The fraction of sp³-hybridized carbons (Fsp3) is 0. The van der Waals surface area contributed by atoms with Crippen LogP contribution in [-0.4, -0.2) is 10.1 Å². The van der Waals surface area contributed by atoms with E-state index >= 15 is 0 Å². The molecule has 5 heteroatoms. The lowest BCUT2D eigenvalue weighted by Gasteiger charge is -1.65. The van der Waals surface area contributed by atoms with Gasteiger partial charge in [0.2, 0.25) is 3.83 Å². The largest absolute Gasteiger partial charge is 0.351 e. The summed E-state index contributed by atoms with van der Waals surface area (Å²) in [5.41, 5.74) is 5.03. The van der Waals surface area contributed by atoms with Crippen LogP contribution in [0.3, 0.4) is 0 Å². The van der Waals surface area contributed by atoms with Crippen LogP contribution in [0.1, 0.15) is 0 Å². The topological polar surface area (TPSA) is 64.9 Å². The summed E-state index contributed by atoms with van der Waals surface area (Å²) in [5.74, 6) is 0. The average molecular weight is 211 g/mol. The molecule has 38 valence electrons. The van der Waals surface area contributed by atoms with Crippen molar-refractivity contribution in [2.75, 3.05) is 5.73 Å². The number of halogens is 1. The molecule has 2 N–H and O–H groups in total. The zero-order chi connectivity index (χ0) is 5.28. The number of hydrogen-bond donors (Lipinski definition) is 1. The summed E-state index contributed by atoms with van der Waals surface area (Å²) in [4.78, 5) is 3.60.